The maximum Gasteiger partial charge on any atom is 0.0945 e. The Hall–Kier alpha value is -0.900. The van der Waals surface area contributed by atoms with Gasteiger partial charge in [-0.1, -0.05) is 30.3 Å². The molecule has 0 heterocycles. The maximum absolute atomic E-state index is 8.63. The van der Waals surface area contributed by atoms with Crippen LogP contribution >= 0.6 is 0 Å². The third-order valence-electron chi connectivity index (χ3n) is 2.30. The summed E-state index contributed by atoms with van der Waals surface area (Å²) in [5.74, 6) is 0. The van der Waals surface area contributed by atoms with Crippen LogP contribution in [0.1, 0.15) is 18.1 Å². The van der Waals surface area contributed by atoms with Crippen LogP contribution in [-0.2, 0) is 4.74 Å². The van der Waals surface area contributed by atoms with Crippen LogP contribution in [-0.4, -0.2) is 31.9 Å². The van der Waals surface area contributed by atoms with Crippen LogP contribution in [0.4, 0.5) is 0 Å². The Morgan fingerprint density at radius 2 is 2.07 bits per heavy atom. The van der Waals surface area contributed by atoms with Crippen molar-refractivity contribution in [3.63, 3.8) is 0 Å². The van der Waals surface area contributed by atoms with E-state index in [9.17, 15) is 0 Å². The van der Waals surface area contributed by atoms with E-state index in [1.807, 2.05) is 18.2 Å². The molecule has 0 aliphatic rings. The lowest BCUT2D eigenvalue weighted by atomic mass is 10.1. The van der Waals surface area contributed by atoms with Crippen molar-refractivity contribution in [2.45, 2.75) is 12.5 Å². The second-order valence-electron chi connectivity index (χ2n) is 3.42. The van der Waals surface area contributed by atoms with Crippen molar-refractivity contribution in [2.24, 2.45) is 0 Å². The molecule has 0 aliphatic heterocycles. The molecule has 0 radical (unpaired) electrons. The average molecular weight is 209 g/mol. The molecule has 1 aromatic rings. The lowest BCUT2D eigenvalue weighted by Gasteiger charge is -2.16. The number of aliphatic hydroxyl groups excluding tert-OH is 1. The van der Waals surface area contributed by atoms with E-state index in [-0.39, 0.29) is 12.7 Å². The fourth-order valence-corrected chi connectivity index (χ4v) is 1.44. The molecule has 0 fully saturated rings. The number of nitrogens with one attached hydrogen (secondary N) is 1. The smallest absolute Gasteiger partial charge is 0.0945 e. The molecule has 1 aromatic carbocycles. The molecule has 1 rings (SSSR count). The fourth-order valence-electron chi connectivity index (χ4n) is 1.44. The standard InChI is InChI=1S/C12H19NO2/c1-15-12(10-13-8-5-9-14)11-6-3-2-4-7-11/h2-4,6-7,12-14H,5,8-10H2,1H3. The van der Waals surface area contributed by atoms with Gasteiger partial charge in [-0.05, 0) is 18.5 Å². The number of aliphatic hydroxyl groups is 1. The van der Waals surface area contributed by atoms with Crippen LogP contribution < -0.4 is 5.32 Å². The lowest BCUT2D eigenvalue weighted by Crippen LogP contribution is -2.24. The van der Waals surface area contributed by atoms with E-state index in [4.69, 9.17) is 9.84 Å². The van der Waals surface area contributed by atoms with Crippen LogP contribution in [0.2, 0.25) is 0 Å². The number of benzene rings is 1. The second-order valence-corrected chi connectivity index (χ2v) is 3.42. The topological polar surface area (TPSA) is 41.5 Å². The molecular weight excluding hydrogens is 190 g/mol. The van der Waals surface area contributed by atoms with Crippen molar-refractivity contribution in [2.75, 3.05) is 26.8 Å². The number of hydrogen-bond donors (Lipinski definition) is 2. The van der Waals surface area contributed by atoms with Crippen molar-refractivity contribution < 1.29 is 9.84 Å². The maximum atomic E-state index is 8.63. The molecule has 0 saturated carbocycles. The summed E-state index contributed by atoms with van der Waals surface area (Å²) in [5, 5.41) is 11.9. The molecule has 0 bridgehead atoms. The molecular formula is C12H19NO2. The Morgan fingerprint density at radius 3 is 2.67 bits per heavy atom. The summed E-state index contributed by atoms with van der Waals surface area (Å²) in [4.78, 5) is 0. The Labute approximate surface area is 91.1 Å². The quantitative estimate of drug-likeness (QED) is 0.666. The number of hydrogen-bond acceptors (Lipinski definition) is 3. The minimum absolute atomic E-state index is 0.0879. The van der Waals surface area contributed by atoms with Crippen molar-refractivity contribution in [1.29, 1.82) is 0 Å². The van der Waals surface area contributed by atoms with E-state index < -0.39 is 0 Å². The monoisotopic (exact) mass is 209 g/mol. The lowest BCUT2D eigenvalue weighted by molar-refractivity contribution is 0.102. The number of ether oxygens (including phenoxy) is 1. The molecule has 1 atom stereocenters. The molecule has 0 saturated heterocycles. The first-order valence-electron chi connectivity index (χ1n) is 5.27. The molecule has 0 aromatic heterocycles. The van der Waals surface area contributed by atoms with Crippen LogP contribution in [0.25, 0.3) is 0 Å². The van der Waals surface area contributed by atoms with Crippen LogP contribution in [0.15, 0.2) is 30.3 Å². The first-order valence-corrected chi connectivity index (χ1v) is 5.27. The van der Waals surface area contributed by atoms with E-state index in [1.54, 1.807) is 7.11 Å². The molecule has 3 nitrogen and oxygen atoms in total. The molecule has 2 N–H and O–H groups in total. The average Bonchev–Trinajstić information content (AvgIpc) is 2.30. The Bertz CT molecular complexity index is 251. The Kier molecular flexibility index (Phi) is 6.00. The summed E-state index contributed by atoms with van der Waals surface area (Å²) in [7, 11) is 1.71. The molecule has 3 heteroatoms. The summed E-state index contributed by atoms with van der Waals surface area (Å²) < 4.78 is 5.39. The van der Waals surface area contributed by atoms with Crippen LogP contribution in [0, 0.1) is 0 Å². The summed E-state index contributed by atoms with van der Waals surface area (Å²) in [6.07, 6.45) is 0.871. The highest BCUT2D eigenvalue weighted by molar-refractivity contribution is 5.17. The van der Waals surface area contributed by atoms with Gasteiger partial charge in [-0.15, -0.1) is 0 Å². The van der Waals surface area contributed by atoms with Crippen LogP contribution in [0.3, 0.4) is 0 Å². The van der Waals surface area contributed by atoms with Gasteiger partial charge in [-0.3, -0.25) is 0 Å². The highest BCUT2D eigenvalue weighted by Crippen LogP contribution is 2.14. The fraction of sp³-hybridized carbons (Fsp3) is 0.500. The van der Waals surface area contributed by atoms with Crippen molar-refractivity contribution in [1.82, 2.24) is 5.32 Å². The van der Waals surface area contributed by atoms with Gasteiger partial charge >= 0.3 is 0 Å². The SMILES string of the molecule is COC(CNCCCO)c1ccccc1. The van der Waals surface area contributed by atoms with E-state index in [0.29, 0.717) is 0 Å². The normalized spacial score (nSPS) is 12.7. The summed E-state index contributed by atoms with van der Waals surface area (Å²) in [6, 6.07) is 10.1. The highest BCUT2D eigenvalue weighted by Gasteiger charge is 2.08. The molecule has 0 aliphatic carbocycles. The minimum Gasteiger partial charge on any atom is -0.396 e. The van der Waals surface area contributed by atoms with Crippen molar-refractivity contribution in [3.8, 4) is 0 Å². The van der Waals surface area contributed by atoms with Gasteiger partial charge in [0.2, 0.25) is 0 Å². The van der Waals surface area contributed by atoms with E-state index in [2.05, 4.69) is 17.4 Å². The third-order valence-corrected chi connectivity index (χ3v) is 2.30. The predicted molar refractivity (Wildman–Crippen MR) is 60.8 cm³/mol. The molecule has 84 valence electrons. The molecule has 0 spiro atoms. The van der Waals surface area contributed by atoms with Gasteiger partial charge in [-0.25, -0.2) is 0 Å². The number of rotatable bonds is 7. The van der Waals surface area contributed by atoms with Crippen molar-refractivity contribution in [3.05, 3.63) is 35.9 Å². The van der Waals surface area contributed by atoms with Gasteiger partial charge in [0.25, 0.3) is 0 Å². The van der Waals surface area contributed by atoms with E-state index in [0.717, 1.165) is 19.5 Å². The highest BCUT2D eigenvalue weighted by atomic mass is 16.5. The minimum atomic E-state index is 0.0879. The zero-order valence-corrected chi connectivity index (χ0v) is 9.15. The van der Waals surface area contributed by atoms with E-state index in [1.165, 1.54) is 5.56 Å². The Balaban J connectivity index is 2.36. The molecule has 0 amide bonds. The van der Waals surface area contributed by atoms with Gasteiger partial charge in [0, 0.05) is 20.3 Å². The van der Waals surface area contributed by atoms with Gasteiger partial charge in [0.1, 0.15) is 0 Å². The number of methoxy groups -OCH3 is 1. The van der Waals surface area contributed by atoms with Gasteiger partial charge in [0.05, 0.1) is 6.10 Å². The summed E-state index contributed by atoms with van der Waals surface area (Å²) in [6.45, 7) is 1.83. The third kappa shape index (κ3) is 4.42. The zero-order chi connectivity index (χ0) is 10.9. The van der Waals surface area contributed by atoms with Crippen LogP contribution in [0.5, 0.6) is 0 Å². The Morgan fingerprint density at radius 1 is 1.33 bits per heavy atom. The first-order chi connectivity index (χ1) is 7.38. The van der Waals surface area contributed by atoms with E-state index >= 15 is 0 Å². The second kappa shape index (κ2) is 7.40. The zero-order valence-electron chi connectivity index (χ0n) is 9.15. The summed E-state index contributed by atoms with van der Waals surface area (Å²) in [5.41, 5.74) is 1.18. The molecule has 1 unspecified atom stereocenters. The van der Waals surface area contributed by atoms with Gasteiger partial charge in [0.15, 0.2) is 0 Å². The predicted octanol–water partition coefficient (Wildman–Crippen LogP) is 1.35. The largest absolute Gasteiger partial charge is 0.396 e. The van der Waals surface area contributed by atoms with Gasteiger partial charge in [-0.2, -0.15) is 0 Å². The van der Waals surface area contributed by atoms with Gasteiger partial charge < -0.3 is 15.2 Å². The first kappa shape index (κ1) is 12.2. The van der Waals surface area contributed by atoms with Crippen molar-refractivity contribution >= 4 is 0 Å². The molecule has 15 heavy (non-hydrogen) atoms. The summed E-state index contributed by atoms with van der Waals surface area (Å²) >= 11 is 0.